The molecule has 3 aromatic rings. The molecule has 8 nitrogen and oxygen atoms in total. The van der Waals surface area contributed by atoms with Crippen molar-refractivity contribution in [3.8, 4) is 29.6 Å². The summed E-state index contributed by atoms with van der Waals surface area (Å²) in [6, 6.07) is 10.0. The maximum atomic E-state index is 13.7. The van der Waals surface area contributed by atoms with Crippen LogP contribution in [0.2, 0.25) is 0 Å². The van der Waals surface area contributed by atoms with Gasteiger partial charge in [0.15, 0.2) is 16.3 Å². The molecule has 0 radical (unpaired) electrons. The number of carbonyl (C=O) groups excluding carboxylic acids is 1. The van der Waals surface area contributed by atoms with Crippen LogP contribution in [-0.4, -0.2) is 37.5 Å². The van der Waals surface area contributed by atoms with E-state index in [2.05, 4.69) is 26.8 Å². The predicted molar refractivity (Wildman–Crippen MR) is 148 cm³/mol. The van der Waals surface area contributed by atoms with Crippen LogP contribution in [0.4, 0.5) is 0 Å². The van der Waals surface area contributed by atoms with Gasteiger partial charge in [-0.15, -0.1) is 6.42 Å². The number of ether oxygens (including phenoxy) is 4. The summed E-state index contributed by atoms with van der Waals surface area (Å²) in [4.78, 5) is 31.3. The molecule has 0 saturated heterocycles. The van der Waals surface area contributed by atoms with Gasteiger partial charge >= 0.3 is 5.97 Å². The summed E-state index contributed by atoms with van der Waals surface area (Å²) in [6.07, 6.45) is 8.49. The number of aromatic nitrogens is 1. The first-order valence-electron chi connectivity index (χ1n) is 11.8. The van der Waals surface area contributed by atoms with Gasteiger partial charge in [0.05, 0.1) is 40.9 Å². The summed E-state index contributed by atoms with van der Waals surface area (Å²) < 4.78 is 24.7. The zero-order valence-corrected chi connectivity index (χ0v) is 23.4. The summed E-state index contributed by atoms with van der Waals surface area (Å²) in [5.74, 6) is 3.55. The Morgan fingerprint density at radius 1 is 1.13 bits per heavy atom. The third-order valence-electron chi connectivity index (χ3n) is 5.57. The Balaban J connectivity index is 1.84. The SMILES string of the molecule is C#CCOc1ccc(/C=c2\sc3n(c2=O)[C@H](c2ccc(OCC)c(OCC)c2)C(C(=O)OC)=CN=3)cc1Br. The summed E-state index contributed by atoms with van der Waals surface area (Å²) in [6.45, 7) is 4.80. The third kappa shape index (κ3) is 5.54. The van der Waals surface area contributed by atoms with Crippen molar-refractivity contribution < 1.29 is 23.7 Å². The highest BCUT2D eigenvalue weighted by Gasteiger charge is 2.31. The maximum Gasteiger partial charge on any atom is 0.337 e. The van der Waals surface area contributed by atoms with Crippen molar-refractivity contribution in [2.45, 2.75) is 19.9 Å². The van der Waals surface area contributed by atoms with E-state index < -0.39 is 12.0 Å². The lowest BCUT2D eigenvalue weighted by molar-refractivity contribution is -0.136. The maximum absolute atomic E-state index is 13.7. The molecule has 0 aliphatic carbocycles. The molecule has 0 spiro atoms. The Morgan fingerprint density at radius 3 is 2.55 bits per heavy atom. The van der Waals surface area contributed by atoms with E-state index in [1.165, 1.54) is 29.2 Å². The lowest BCUT2D eigenvalue weighted by Crippen LogP contribution is -2.39. The van der Waals surface area contributed by atoms with Gasteiger partial charge in [-0.1, -0.05) is 29.4 Å². The van der Waals surface area contributed by atoms with Crippen LogP contribution in [0.15, 0.2) is 62.4 Å². The van der Waals surface area contributed by atoms with Crippen molar-refractivity contribution in [2.24, 2.45) is 4.99 Å². The van der Waals surface area contributed by atoms with Gasteiger partial charge in [-0.3, -0.25) is 9.36 Å². The molecule has 2 aromatic carbocycles. The average molecular weight is 597 g/mol. The van der Waals surface area contributed by atoms with Gasteiger partial charge in [-0.25, -0.2) is 9.79 Å². The number of nitrogens with zero attached hydrogens (tertiary/aromatic N) is 2. The van der Waals surface area contributed by atoms with Crippen LogP contribution < -0.4 is 29.1 Å². The van der Waals surface area contributed by atoms with Gasteiger partial charge in [0.2, 0.25) is 0 Å². The Morgan fingerprint density at radius 2 is 1.87 bits per heavy atom. The smallest absolute Gasteiger partial charge is 0.337 e. The fourth-order valence-electron chi connectivity index (χ4n) is 3.98. The van der Waals surface area contributed by atoms with Crippen LogP contribution in [0.5, 0.6) is 17.2 Å². The van der Waals surface area contributed by atoms with E-state index in [0.29, 0.717) is 49.8 Å². The normalized spacial score (nSPS) is 14.6. The molecule has 0 bridgehead atoms. The molecule has 0 fully saturated rings. The number of hydrogen-bond donors (Lipinski definition) is 0. The van der Waals surface area contributed by atoms with Crippen LogP contribution in [0.1, 0.15) is 31.0 Å². The fourth-order valence-corrected chi connectivity index (χ4v) is 5.46. The van der Waals surface area contributed by atoms with Crippen molar-refractivity contribution >= 4 is 39.3 Å². The lowest BCUT2D eigenvalue weighted by Gasteiger charge is -2.23. The Labute approximate surface area is 232 Å². The van der Waals surface area contributed by atoms with Crippen molar-refractivity contribution in [2.75, 3.05) is 26.9 Å². The van der Waals surface area contributed by atoms with E-state index >= 15 is 0 Å². The molecule has 1 aliphatic heterocycles. The van der Waals surface area contributed by atoms with Gasteiger partial charge < -0.3 is 18.9 Å². The number of benzene rings is 2. The monoisotopic (exact) mass is 596 g/mol. The number of methoxy groups -OCH3 is 1. The zero-order chi connectivity index (χ0) is 27.2. The topological polar surface area (TPSA) is 88.3 Å². The van der Waals surface area contributed by atoms with Gasteiger partial charge in [-0.05, 0) is 71.2 Å². The Hall–Kier alpha value is -3.81. The number of halogens is 1. The zero-order valence-electron chi connectivity index (χ0n) is 21.0. The molecule has 0 amide bonds. The molecular weight excluding hydrogens is 572 g/mol. The molecule has 0 saturated carbocycles. The van der Waals surface area contributed by atoms with Crippen LogP contribution in [0, 0.1) is 12.3 Å². The van der Waals surface area contributed by atoms with E-state index in [0.717, 1.165) is 5.56 Å². The number of hydrogen-bond acceptors (Lipinski definition) is 8. The van der Waals surface area contributed by atoms with Crippen molar-refractivity contribution in [3.63, 3.8) is 0 Å². The molecule has 2 heterocycles. The quantitative estimate of drug-likeness (QED) is 0.277. The van der Waals surface area contributed by atoms with E-state index in [-0.39, 0.29) is 17.7 Å². The second-order valence-corrected chi connectivity index (χ2v) is 9.79. The second-order valence-electron chi connectivity index (χ2n) is 7.93. The van der Waals surface area contributed by atoms with Crippen LogP contribution in [-0.2, 0) is 9.53 Å². The number of rotatable bonds is 9. The summed E-state index contributed by atoms with van der Waals surface area (Å²) >= 11 is 4.71. The van der Waals surface area contributed by atoms with Crippen LogP contribution in [0.3, 0.4) is 0 Å². The highest BCUT2D eigenvalue weighted by atomic mass is 79.9. The summed E-state index contributed by atoms with van der Waals surface area (Å²) in [5.41, 5.74) is 1.38. The summed E-state index contributed by atoms with van der Waals surface area (Å²) in [7, 11) is 1.30. The third-order valence-corrected chi connectivity index (χ3v) is 7.19. The predicted octanol–water partition coefficient (Wildman–Crippen LogP) is 3.59. The largest absolute Gasteiger partial charge is 0.490 e. The van der Waals surface area contributed by atoms with Crippen molar-refractivity contribution in [1.29, 1.82) is 0 Å². The number of fused-ring (bicyclic) bond motifs is 1. The van der Waals surface area contributed by atoms with Gasteiger partial charge in [0.25, 0.3) is 5.56 Å². The highest BCUT2D eigenvalue weighted by molar-refractivity contribution is 9.10. The molecule has 1 atom stereocenters. The minimum Gasteiger partial charge on any atom is -0.490 e. The number of esters is 1. The van der Waals surface area contributed by atoms with E-state index in [1.807, 2.05) is 32.0 Å². The average Bonchev–Trinajstić information content (AvgIpc) is 3.23. The van der Waals surface area contributed by atoms with Gasteiger partial charge in [0, 0.05) is 6.20 Å². The van der Waals surface area contributed by atoms with Crippen molar-refractivity contribution in [1.82, 2.24) is 4.57 Å². The van der Waals surface area contributed by atoms with E-state index in [1.54, 1.807) is 24.3 Å². The van der Waals surface area contributed by atoms with E-state index in [9.17, 15) is 9.59 Å². The van der Waals surface area contributed by atoms with Crippen LogP contribution in [0.25, 0.3) is 6.08 Å². The molecule has 0 N–H and O–H groups in total. The standard InChI is InChI=1S/C28H25BrN2O6S/c1-5-12-37-21-10-8-17(13-20(21)29)14-24-26(32)31-25(19(27(33)34-4)16-30-28(31)38-24)18-9-11-22(35-6-2)23(15-18)36-7-3/h1,8-11,13-16,25H,6-7,12H2,2-4H3/b24-14-/t25-/m1/s1. The van der Waals surface area contributed by atoms with Crippen molar-refractivity contribution in [3.05, 3.63) is 83.5 Å². The Kier molecular flexibility index (Phi) is 8.71. The second kappa shape index (κ2) is 12.2. The first kappa shape index (κ1) is 27.2. The van der Waals surface area contributed by atoms with Crippen LogP contribution >= 0.6 is 27.3 Å². The molecule has 0 unspecified atom stereocenters. The molecule has 1 aliphatic rings. The molecule has 1 aromatic heterocycles. The molecular formula is C28H25BrN2O6S. The Bertz CT molecular complexity index is 1620. The van der Waals surface area contributed by atoms with Gasteiger partial charge in [0.1, 0.15) is 12.4 Å². The molecule has 38 heavy (non-hydrogen) atoms. The van der Waals surface area contributed by atoms with E-state index in [4.69, 9.17) is 25.4 Å². The first-order chi connectivity index (χ1) is 18.4. The number of carbonyl (C=O) groups is 1. The molecule has 4 rings (SSSR count). The fraction of sp³-hybridized carbons (Fsp3) is 0.250. The minimum absolute atomic E-state index is 0.148. The minimum atomic E-state index is -0.762. The molecule has 10 heteroatoms. The highest BCUT2D eigenvalue weighted by Crippen LogP contribution is 2.35. The lowest BCUT2D eigenvalue weighted by atomic mass is 9.97. The summed E-state index contributed by atoms with van der Waals surface area (Å²) in [5, 5.41) is 0. The number of terminal acetylenes is 1. The molecule has 196 valence electrons. The van der Waals surface area contributed by atoms with Gasteiger partial charge in [-0.2, -0.15) is 0 Å². The first-order valence-corrected chi connectivity index (χ1v) is 13.4. The number of thiazole rings is 1.